The van der Waals surface area contributed by atoms with E-state index in [1.165, 1.54) is 18.4 Å². The first-order valence-corrected chi connectivity index (χ1v) is 7.38. The van der Waals surface area contributed by atoms with Gasteiger partial charge in [-0.25, -0.2) is 0 Å². The molecule has 1 fully saturated rings. The van der Waals surface area contributed by atoms with Crippen LogP contribution in [-0.2, 0) is 11.3 Å². The molecular weight excluding hydrogens is 250 g/mol. The van der Waals surface area contributed by atoms with Gasteiger partial charge in [-0.15, -0.1) is 0 Å². The van der Waals surface area contributed by atoms with E-state index in [4.69, 9.17) is 5.73 Å². The second-order valence-corrected chi connectivity index (χ2v) is 5.98. The van der Waals surface area contributed by atoms with E-state index in [-0.39, 0.29) is 18.0 Å². The van der Waals surface area contributed by atoms with Gasteiger partial charge in [-0.2, -0.15) is 0 Å². The Balaban J connectivity index is 2.03. The van der Waals surface area contributed by atoms with Crippen molar-refractivity contribution in [3.8, 4) is 0 Å². The van der Waals surface area contributed by atoms with Crippen molar-refractivity contribution in [3.63, 3.8) is 0 Å². The van der Waals surface area contributed by atoms with Gasteiger partial charge in [0.2, 0.25) is 5.91 Å². The molecule has 0 saturated heterocycles. The fourth-order valence-corrected chi connectivity index (χ4v) is 2.38. The molecule has 1 atom stereocenters. The summed E-state index contributed by atoms with van der Waals surface area (Å²) in [4.78, 5) is 14.5. The minimum absolute atomic E-state index is 0.0950. The van der Waals surface area contributed by atoms with E-state index in [0.29, 0.717) is 6.04 Å². The molecule has 0 aliphatic heterocycles. The van der Waals surface area contributed by atoms with Crippen molar-refractivity contribution in [1.29, 1.82) is 0 Å². The molecule has 0 aromatic heterocycles. The molecule has 1 aromatic carbocycles. The summed E-state index contributed by atoms with van der Waals surface area (Å²) < 4.78 is 0. The van der Waals surface area contributed by atoms with Gasteiger partial charge in [0.15, 0.2) is 0 Å². The van der Waals surface area contributed by atoms with Gasteiger partial charge in [-0.1, -0.05) is 12.1 Å². The van der Waals surface area contributed by atoms with Crippen LogP contribution in [0.2, 0.25) is 0 Å². The molecule has 0 spiro atoms. The largest absolute Gasteiger partial charge is 0.399 e. The summed E-state index contributed by atoms with van der Waals surface area (Å²) in [5.41, 5.74) is 7.69. The van der Waals surface area contributed by atoms with Crippen LogP contribution in [0, 0.1) is 0 Å². The number of hydrogen-bond acceptors (Lipinski definition) is 3. The van der Waals surface area contributed by atoms with Crippen LogP contribution in [0.3, 0.4) is 0 Å². The number of nitrogens with zero attached hydrogens (tertiary/aromatic N) is 1. The average molecular weight is 275 g/mol. The van der Waals surface area contributed by atoms with Gasteiger partial charge in [0, 0.05) is 24.3 Å². The number of amides is 1. The van der Waals surface area contributed by atoms with Crippen molar-refractivity contribution in [2.45, 2.75) is 58.3 Å². The van der Waals surface area contributed by atoms with Crippen molar-refractivity contribution in [1.82, 2.24) is 10.2 Å². The molecule has 4 nitrogen and oxygen atoms in total. The molecule has 2 rings (SSSR count). The topological polar surface area (TPSA) is 58.4 Å². The summed E-state index contributed by atoms with van der Waals surface area (Å²) in [6.45, 7) is 6.78. The molecule has 1 aromatic rings. The summed E-state index contributed by atoms with van der Waals surface area (Å²) in [7, 11) is 0. The average Bonchev–Trinajstić information content (AvgIpc) is 3.21. The molecule has 1 amide bonds. The number of hydrogen-bond donors (Lipinski definition) is 2. The lowest BCUT2D eigenvalue weighted by Gasteiger charge is -2.29. The minimum Gasteiger partial charge on any atom is -0.399 e. The van der Waals surface area contributed by atoms with Gasteiger partial charge in [-0.05, 0) is 51.3 Å². The third-order valence-corrected chi connectivity index (χ3v) is 3.67. The lowest BCUT2D eigenvalue weighted by molar-refractivity contribution is -0.126. The third kappa shape index (κ3) is 3.97. The molecule has 4 heteroatoms. The summed E-state index contributed by atoms with van der Waals surface area (Å²) in [5.74, 6) is 0.113. The summed E-state index contributed by atoms with van der Waals surface area (Å²) in [6, 6.07) is 8.54. The molecule has 20 heavy (non-hydrogen) atoms. The second kappa shape index (κ2) is 6.27. The second-order valence-electron chi connectivity index (χ2n) is 5.98. The van der Waals surface area contributed by atoms with E-state index in [1.807, 2.05) is 45.0 Å². The molecule has 3 N–H and O–H groups in total. The number of rotatable bonds is 6. The van der Waals surface area contributed by atoms with E-state index in [9.17, 15) is 4.79 Å². The molecule has 1 aliphatic carbocycles. The monoisotopic (exact) mass is 275 g/mol. The minimum atomic E-state index is -0.0950. The number of nitrogens with two attached hydrogens (primary N) is 1. The van der Waals surface area contributed by atoms with Crippen LogP contribution in [0.1, 0.15) is 39.2 Å². The summed E-state index contributed by atoms with van der Waals surface area (Å²) >= 11 is 0. The van der Waals surface area contributed by atoms with Crippen molar-refractivity contribution in [2.24, 2.45) is 0 Å². The highest BCUT2D eigenvalue weighted by atomic mass is 16.2. The van der Waals surface area contributed by atoms with Gasteiger partial charge < -0.3 is 11.1 Å². The predicted octanol–water partition coefficient (Wildman–Crippen LogP) is 2.15. The summed E-state index contributed by atoms with van der Waals surface area (Å²) in [5, 5.41) is 3.00. The van der Waals surface area contributed by atoms with Crippen LogP contribution in [0.5, 0.6) is 0 Å². The van der Waals surface area contributed by atoms with Crippen LogP contribution in [0.4, 0.5) is 5.69 Å². The quantitative estimate of drug-likeness (QED) is 0.782. The molecule has 1 unspecified atom stereocenters. The van der Waals surface area contributed by atoms with Crippen LogP contribution < -0.4 is 11.1 Å². The molecule has 1 saturated carbocycles. The van der Waals surface area contributed by atoms with Crippen molar-refractivity contribution in [2.75, 3.05) is 5.73 Å². The van der Waals surface area contributed by atoms with E-state index in [2.05, 4.69) is 10.2 Å². The molecule has 110 valence electrons. The zero-order valence-electron chi connectivity index (χ0n) is 12.6. The van der Waals surface area contributed by atoms with Crippen LogP contribution in [0.25, 0.3) is 0 Å². The molecular formula is C16H25N3O. The Kier molecular flexibility index (Phi) is 4.65. The third-order valence-electron chi connectivity index (χ3n) is 3.67. The highest BCUT2D eigenvalue weighted by molar-refractivity contribution is 5.81. The Morgan fingerprint density at radius 3 is 2.40 bits per heavy atom. The van der Waals surface area contributed by atoms with Crippen molar-refractivity contribution < 1.29 is 4.79 Å². The lowest BCUT2D eigenvalue weighted by atomic mass is 10.1. The first-order valence-electron chi connectivity index (χ1n) is 7.38. The number of nitrogens with one attached hydrogen (secondary N) is 1. The maximum absolute atomic E-state index is 12.2. The Morgan fingerprint density at radius 1 is 1.30 bits per heavy atom. The van der Waals surface area contributed by atoms with Gasteiger partial charge >= 0.3 is 0 Å². The van der Waals surface area contributed by atoms with Gasteiger partial charge in [0.1, 0.15) is 0 Å². The first-order chi connectivity index (χ1) is 9.47. The number of anilines is 1. The maximum Gasteiger partial charge on any atom is 0.237 e. The lowest BCUT2D eigenvalue weighted by Crippen LogP contribution is -2.47. The predicted molar refractivity (Wildman–Crippen MR) is 82.2 cm³/mol. The van der Waals surface area contributed by atoms with Crippen LogP contribution >= 0.6 is 0 Å². The number of nitrogen functional groups attached to an aromatic ring is 1. The summed E-state index contributed by atoms with van der Waals surface area (Å²) in [6.07, 6.45) is 2.38. The van der Waals surface area contributed by atoms with Crippen molar-refractivity contribution in [3.05, 3.63) is 29.8 Å². The molecule has 0 bridgehead atoms. The Hall–Kier alpha value is -1.55. The number of carbonyl (C=O) groups excluding carboxylic acids is 1. The highest BCUT2D eigenvalue weighted by Gasteiger charge is 2.34. The number of benzene rings is 1. The zero-order valence-corrected chi connectivity index (χ0v) is 12.6. The Morgan fingerprint density at radius 2 is 1.90 bits per heavy atom. The van der Waals surface area contributed by atoms with Crippen molar-refractivity contribution >= 4 is 11.6 Å². The van der Waals surface area contributed by atoms with Crippen LogP contribution in [-0.4, -0.2) is 28.9 Å². The smallest absolute Gasteiger partial charge is 0.237 e. The van der Waals surface area contributed by atoms with E-state index in [0.717, 1.165) is 12.2 Å². The highest BCUT2D eigenvalue weighted by Crippen LogP contribution is 2.30. The normalized spacial score (nSPS) is 16.4. The Bertz CT molecular complexity index is 451. The Labute approximate surface area is 121 Å². The van der Waals surface area contributed by atoms with E-state index < -0.39 is 0 Å². The van der Waals surface area contributed by atoms with Crippen LogP contribution in [0.15, 0.2) is 24.3 Å². The zero-order chi connectivity index (χ0) is 14.7. The fourth-order valence-electron chi connectivity index (χ4n) is 2.38. The fraction of sp³-hybridized carbons (Fsp3) is 0.562. The first kappa shape index (κ1) is 14.9. The molecule has 0 heterocycles. The maximum atomic E-state index is 12.2. The van der Waals surface area contributed by atoms with E-state index in [1.54, 1.807) is 0 Å². The standard InChI is InChI=1S/C16H25N3O/c1-11(2)18-16(20)12(3)19(15-8-9-15)10-13-4-6-14(17)7-5-13/h4-7,11-12,15H,8-10,17H2,1-3H3,(H,18,20). The van der Waals surface area contributed by atoms with Gasteiger partial charge in [0.25, 0.3) is 0 Å². The molecule has 0 radical (unpaired) electrons. The number of carbonyl (C=O) groups is 1. The van der Waals surface area contributed by atoms with Gasteiger partial charge in [0.05, 0.1) is 6.04 Å². The molecule has 1 aliphatic rings. The van der Waals surface area contributed by atoms with Gasteiger partial charge in [-0.3, -0.25) is 9.69 Å². The SMILES string of the molecule is CC(C)NC(=O)C(C)N(Cc1ccc(N)cc1)C1CC1. The van der Waals surface area contributed by atoms with E-state index >= 15 is 0 Å².